The van der Waals surface area contributed by atoms with Crippen molar-refractivity contribution in [3.63, 3.8) is 0 Å². The summed E-state index contributed by atoms with van der Waals surface area (Å²) in [6.45, 7) is 9.82. The highest BCUT2D eigenvalue weighted by Crippen LogP contribution is 2.16. The van der Waals surface area contributed by atoms with E-state index in [4.69, 9.17) is 0 Å². The van der Waals surface area contributed by atoms with Gasteiger partial charge in [0.2, 0.25) is 5.78 Å². The van der Waals surface area contributed by atoms with Crippen molar-refractivity contribution in [2.24, 2.45) is 5.41 Å². The number of likely N-dealkylation sites (N-methyl/N-ethyl adjacent to an activating group) is 1. The molecule has 0 rings (SSSR count). The van der Waals surface area contributed by atoms with E-state index in [1.54, 1.807) is 34.6 Å². The molecule has 0 aliphatic carbocycles. The van der Waals surface area contributed by atoms with Gasteiger partial charge in [-0.15, -0.1) is 0 Å². The Morgan fingerprint density at radius 3 is 1.75 bits per heavy atom. The number of carbonyl (C=O) groups excluding carboxylic acids is 3. The predicted octanol–water partition coefficient (Wildman–Crippen LogP) is 1.43. The van der Waals surface area contributed by atoms with Gasteiger partial charge in [-0.2, -0.15) is 0 Å². The number of amides is 1. The Kier molecular flexibility index (Phi) is 5.35. The normalized spacial score (nSPS) is 11.1. The number of hydrogen-bond donors (Lipinski definition) is 0. The van der Waals surface area contributed by atoms with Gasteiger partial charge in [-0.3, -0.25) is 14.4 Å². The molecule has 0 aromatic rings. The molecule has 0 aliphatic heterocycles. The van der Waals surface area contributed by atoms with E-state index in [1.807, 2.05) is 0 Å². The molecule has 4 heteroatoms. The van der Waals surface area contributed by atoms with Crippen molar-refractivity contribution in [3.8, 4) is 0 Å². The van der Waals surface area contributed by atoms with Crippen molar-refractivity contribution in [3.05, 3.63) is 0 Å². The summed E-state index contributed by atoms with van der Waals surface area (Å²) >= 11 is 0. The van der Waals surface area contributed by atoms with Gasteiger partial charge in [0, 0.05) is 18.5 Å². The van der Waals surface area contributed by atoms with E-state index in [-0.39, 0.29) is 12.2 Å². The molecule has 0 bridgehead atoms. The highest BCUT2D eigenvalue weighted by Gasteiger charge is 2.28. The fourth-order valence-electron chi connectivity index (χ4n) is 1.17. The fourth-order valence-corrected chi connectivity index (χ4v) is 1.17. The largest absolute Gasteiger partial charge is 0.337 e. The molecule has 0 saturated carbocycles. The molecule has 0 spiro atoms. The second-order valence-corrected chi connectivity index (χ2v) is 4.75. The standard InChI is InChI=1S/C12H21NO3/c1-6-13(7-2)11(16)9(14)8-10(15)12(3,4)5/h6-8H2,1-5H3. The Bertz CT molecular complexity index is 285. The van der Waals surface area contributed by atoms with Crippen LogP contribution < -0.4 is 0 Å². The third kappa shape index (κ3) is 4.13. The van der Waals surface area contributed by atoms with Crippen LogP contribution in [0.4, 0.5) is 0 Å². The molecule has 0 aromatic heterocycles. The van der Waals surface area contributed by atoms with E-state index < -0.39 is 17.1 Å². The third-order valence-corrected chi connectivity index (χ3v) is 2.45. The smallest absolute Gasteiger partial charge is 0.290 e. The molecule has 0 saturated heterocycles. The van der Waals surface area contributed by atoms with Crippen LogP contribution in [-0.4, -0.2) is 35.5 Å². The van der Waals surface area contributed by atoms with E-state index in [2.05, 4.69) is 0 Å². The molecule has 0 N–H and O–H groups in total. The van der Waals surface area contributed by atoms with Crippen LogP contribution in [0.15, 0.2) is 0 Å². The molecular formula is C12H21NO3. The first-order valence-electron chi connectivity index (χ1n) is 5.59. The minimum Gasteiger partial charge on any atom is -0.337 e. The van der Waals surface area contributed by atoms with E-state index in [0.717, 1.165) is 0 Å². The summed E-state index contributed by atoms with van der Waals surface area (Å²) in [5.74, 6) is -1.36. The minimum absolute atomic E-state index is 0.196. The van der Waals surface area contributed by atoms with Crippen LogP contribution in [0.3, 0.4) is 0 Å². The molecule has 0 atom stereocenters. The molecule has 0 fully saturated rings. The van der Waals surface area contributed by atoms with Crippen molar-refractivity contribution >= 4 is 17.5 Å². The van der Waals surface area contributed by atoms with Crippen LogP contribution in [0.2, 0.25) is 0 Å². The lowest BCUT2D eigenvalue weighted by molar-refractivity contribution is -0.146. The van der Waals surface area contributed by atoms with E-state index in [1.165, 1.54) is 4.90 Å². The molecule has 4 nitrogen and oxygen atoms in total. The van der Waals surface area contributed by atoms with Crippen LogP contribution >= 0.6 is 0 Å². The Morgan fingerprint density at radius 1 is 1.00 bits per heavy atom. The number of Topliss-reactive ketones (excluding diaryl/α,β-unsaturated/α-hetero) is 2. The average molecular weight is 227 g/mol. The van der Waals surface area contributed by atoms with Gasteiger partial charge in [-0.1, -0.05) is 20.8 Å². The lowest BCUT2D eigenvalue weighted by atomic mass is 9.88. The highest BCUT2D eigenvalue weighted by atomic mass is 16.2. The molecule has 1 amide bonds. The zero-order valence-corrected chi connectivity index (χ0v) is 10.8. The van der Waals surface area contributed by atoms with Crippen molar-refractivity contribution in [1.82, 2.24) is 4.90 Å². The number of hydrogen-bond acceptors (Lipinski definition) is 3. The molecular weight excluding hydrogens is 206 g/mol. The van der Waals surface area contributed by atoms with Gasteiger partial charge in [0.25, 0.3) is 5.91 Å². The topological polar surface area (TPSA) is 54.5 Å². The van der Waals surface area contributed by atoms with Crippen LogP contribution in [0.5, 0.6) is 0 Å². The molecule has 0 radical (unpaired) electrons. The monoisotopic (exact) mass is 227 g/mol. The first-order chi connectivity index (χ1) is 7.23. The summed E-state index contributed by atoms with van der Waals surface area (Å²) in [4.78, 5) is 36.2. The Labute approximate surface area is 97.0 Å². The molecule has 92 valence electrons. The Balaban J connectivity index is 4.49. The van der Waals surface area contributed by atoms with Crippen molar-refractivity contribution in [2.75, 3.05) is 13.1 Å². The number of nitrogens with zero attached hydrogens (tertiary/aromatic N) is 1. The molecule has 0 heterocycles. The van der Waals surface area contributed by atoms with Crippen molar-refractivity contribution in [2.45, 2.75) is 41.0 Å². The van der Waals surface area contributed by atoms with Gasteiger partial charge in [0.15, 0.2) is 0 Å². The van der Waals surface area contributed by atoms with E-state index >= 15 is 0 Å². The molecule has 16 heavy (non-hydrogen) atoms. The summed E-state index contributed by atoms with van der Waals surface area (Å²) < 4.78 is 0. The maximum absolute atomic E-state index is 11.6. The van der Waals surface area contributed by atoms with Gasteiger partial charge in [-0.05, 0) is 13.8 Å². The highest BCUT2D eigenvalue weighted by molar-refractivity contribution is 6.39. The van der Waals surface area contributed by atoms with Crippen LogP contribution in [0.1, 0.15) is 41.0 Å². The quantitative estimate of drug-likeness (QED) is 0.527. The number of rotatable bonds is 5. The lowest BCUT2D eigenvalue weighted by Gasteiger charge is -2.19. The number of ketones is 2. The molecule has 0 unspecified atom stereocenters. The maximum atomic E-state index is 11.6. The SMILES string of the molecule is CCN(CC)C(=O)C(=O)CC(=O)C(C)(C)C. The second kappa shape index (κ2) is 5.77. The fraction of sp³-hybridized carbons (Fsp3) is 0.750. The van der Waals surface area contributed by atoms with Gasteiger partial charge in [0.05, 0.1) is 6.42 Å². The van der Waals surface area contributed by atoms with Gasteiger partial charge in [0.1, 0.15) is 5.78 Å². The zero-order chi connectivity index (χ0) is 12.9. The predicted molar refractivity (Wildman–Crippen MR) is 62.0 cm³/mol. The van der Waals surface area contributed by atoms with Gasteiger partial charge < -0.3 is 4.90 Å². The summed E-state index contributed by atoms with van der Waals surface area (Å²) in [5.41, 5.74) is -0.570. The van der Waals surface area contributed by atoms with Crippen molar-refractivity contribution in [1.29, 1.82) is 0 Å². The maximum Gasteiger partial charge on any atom is 0.290 e. The first kappa shape index (κ1) is 14.8. The average Bonchev–Trinajstić information content (AvgIpc) is 2.17. The van der Waals surface area contributed by atoms with Crippen LogP contribution in [0, 0.1) is 5.41 Å². The summed E-state index contributed by atoms with van der Waals surface area (Å²) in [6.07, 6.45) is -0.293. The van der Waals surface area contributed by atoms with Gasteiger partial charge >= 0.3 is 0 Å². The molecule has 0 aliphatic rings. The van der Waals surface area contributed by atoms with Crippen molar-refractivity contribution < 1.29 is 14.4 Å². The van der Waals surface area contributed by atoms with Gasteiger partial charge in [-0.25, -0.2) is 0 Å². The molecule has 0 aromatic carbocycles. The Hall–Kier alpha value is -1.19. The first-order valence-corrected chi connectivity index (χ1v) is 5.59. The minimum atomic E-state index is -0.608. The Morgan fingerprint density at radius 2 is 1.44 bits per heavy atom. The lowest BCUT2D eigenvalue weighted by Crippen LogP contribution is -2.38. The van der Waals surface area contributed by atoms with Crippen LogP contribution in [-0.2, 0) is 14.4 Å². The van der Waals surface area contributed by atoms with E-state index in [0.29, 0.717) is 13.1 Å². The zero-order valence-electron chi connectivity index (χ0n) is 10.8. The summed E-state index contributed by atoms with van der Waals surface area (Å²) in [6, 6.07) is 0. The summed E-state index contributed by atoms with van der Waals surface area (Å²) in [7, 11) is 0. The van der Waals surface area contributed by atoms with Crippen LogP contribution in [0.25, 0.3) is 0 Å². The second-order valence-electron chi connectivity index (χ2n) is 4.75. The summed E-state index contributed by atoms with van der Waals surface area (Å²) in [5, 5.41) is 0. The third-order valence-electron chi connectivity index (χ3n) is 2.45. The number of carbonyl (C=O) groups is 3. The van der Waals surface area contributed by atoms with E-state index in [9.17, 15) is 14.4 Å².